The maximum absolute atomic E-state index is 14.0. The average molecular weight is 672 g/mol. The van der Waals surface area contributed by atoms with Gasteiger partial charge < -0.3 is 5.32 Å². The SMILES string of the molecule is O=C(N/C(=C\c1ccccc1Cl)c1nc2c(Br)cc(Br)cc2c(=O)n1N1C(=O)CNCC1=O)c1ccccc1. The number of aromatic nitrogens is 2. The first-order chi connectivity index (χ1) is 18.7. The Kier molecular flexibility index (Phi) is 7.76. The predicted molar refractivity (Wildman–Crippen MR) is 156 cm³/mol. The second-order valence-corrected chi connectivity index (χ2v) is 10.6. The Morgan fingerprint density at radius 2 is 1.64 bits per heavy atom. The minimum atomic E-state index is -0.681. The maximum atomic E-state index is 14.0. The van der Waals surface area contributed by atoms with Gasteiger partial charge in [0.25, 0.3) is 23.3 Å². The summed E-state index contributed by atoms with van der Waals surface area (Å²) in [6.07, 6.45) is 1.54. The molecule has 39 heavy (non-hydrogen) atoms. The van der Waals surface area contributed by atoms with E-state index in [9.17, 15) is 19.2 Å². The highest BCUT2D eigenvalue weighted by atomic mass is 79.9. The van der Waals surface area contributed by atoms with Crippen LogP contribution in [0.3, 0.4) is 0 Å². The zero-order chi connectivity index (χ0) is 27.7. The van der Waals surface area contributed by atoms with Crippen molar-refractivity contribution in [3.63, 3.8) is 0 Å². The summed E-state index contributed by atoms with van der Waals surface area (Å²) in [5, 5.41) is 6.80. The molecule has 0 atom stereocenters. The fourth-order valence-corrected chi connectivity index (χ4v) is 5.55. The first kappa shape index (κ1) is 26.9. The highest BCUT2D eigenvalue weighted by molar-refractivity contribution is 9.11. The molecule has 0 radical (unpaired) electrons. The molecule has 1 aliphatic heterocycles. The number of benzene rings is 3. The quantitative estimate of drug-likeness (QED) is 0.309. The Bertz CT molecular complexity index is 1720. The maximum Gasteiger partial charge on any atom is 0.281 e. The van der Waals surface area contributed by atoms with Gasteiger partial charge >= 0.3 is 0 Å². The Morgan fingerprint density at radius 1 is 0.974 bits per heavy atom. The first-order valence-electron chi connectivity index (χ1n) is 11.6. The molecule has 0 unspecified atom stereocenters. The van der Waals surface area contributed by atoms with E-state index in [-0.39, 0.29) is 35.5 Å². The monoisotopic (exact) mass is 669 g/mol. The van der Waals surface area contributed by atoms with E-state index in [2.05, 4.69) is 42.5 Å². The van der Waals surface area contributed by atoms with E-state index < -0.39 is 23.3 Å². The van der Waals surface area contributed by atoms with E-state index in [1.165, 1.54) is 6.08 Å². The number of carbonyl (C=O) groups is 3. The molecule has 1 aliphatic rings. The summed E-state index contributed by atoms with van der Waals surface area (Å²) in [4.78, 5) is 57.9. The summed E-state index contributed by atoms with van der Waals surface area (Å²) < 4.78 is 1.98. The number of nitrogens with one attached hydrogen (secondary N) is 2. The van der Waals surface area contributed by atoms with Crippen molar-refractivity contribution in [3.8, 4) is 0 Å². The highest BCUT2D eigenvalue weighted by Gasteiger charge is 2.32. The lowest BCUT2D eigenvalue weighted by atomic mass is 10.1. The minimum Gasteiger partial charge on any atom is -0.319 e. The molecule has 2 heterocycles. The number of halogens is 3. The number of hydrogen-bond donors (Lipinski definition) is 2. The average Bonchev–Trinajstić information content (AvgIpc) is 2.91. The van der Waals surface area contributed by atoms with Crippen LogP contribution in [-0.4, -0.2) is 40.5 Å². The predicted octanol–water partition coefficient (Wildman–Crippen LogP) is 4.10. The van der Waals surface area contributed by atoms with Crippen molar-refractivity contribution in [2.45, 2.75) is 0 Å². The second kappa shape index (κ2) is 11.2. The van der Waals surface area contributed by atoms with Gasteiger partial charge in [0.05, 0.1) is 29.7 Å². The smallest absolute Gasteiger partial charge is 0.281 e. The molecular formula is C27H18Br2ClN5O4. The van der Waals surface area contributed by atoms with E-state index in [0.29, 0.717) is 25.1 Å². The lowest BCUT2D eigenvalue weighted by molar-refractivity contribution is -0.130. The van der Waals surface area contributed by atoms with Crippen LogP contribution in [0.1, 0.15) is 21.7 Å². The van der Waals surface area contributed by atoms with Crippen LogP contribution in [0.15, 0.2) is 80.5 Å². The molecule has 9 nitrogen and oxygen atoms in total. The number of imide groups is 1. The van der Waals surface area contributed by atoms with Crippen LogP contribution in [0, 0.1) is 0 Å². The summed E-state index contributed by atoms with van der Waals surface area (Å²) in [5.74, 6) is -1.95. The van der Waals surface area contributed by atoms with Gasteiger partial charge in [-0.3, -0.25) is 24.5 Å². The van der Waals surface area contributed by atoms with E-state index in [1.54, 1.807) is 66.7 Å². The molecule has 4 aromatic rings. The van der Waals surface area contributed by atoms with Crippen LogP contribution in [-0.2, 0) is 9.59 Å². The lowest BCUT2D eigenvalue weighted by Crippen LogP contribution is -2.60. The van der Waals surface area contributed by atoms with Crippen molar-refractivity contribution in [1.82, 2.24) is 20.3 Å². The molecule has 0 bridgehead atoms. The largest absolute Gasteiger partial charge is 0.319 e. The number of carbonyl (C=O) groups excluding carboxylic acids is 3. The van der Waals surface area contributed by atoms with Gasteiger partial charge in [0.15, 0.2) is 5.82 Å². The topological polar surface area (TPSA) is 113 Å². The van der Waals surface area contributed by atoms with Gasteiger partial charge in [-0.15, -0.1) is 0 Å². The fourth-order valence-electron chi connectivity index (χ4n) is 4.04. The number of nitrogens with zero attached hydrogens (tertiary/aromatic N) is 3. The number of rotatable bonds is 5. The Morgan fingerprint density at radius 3 is 2.33 bits per heavy atom. The summed E-state index contributed by atoms with van der Waals surface area (Å²) in [5.41, 5.74) is 0.487. The second-order valence-electron chi connectivity index (χ2n) is 8.44. The van der Waals surface area contributed by atoms with Crippen LogP contribution >= 0.6 is 43.5 Å². The minimum absolute atomic E-state index is 0.0462. The molecule has 1 aromatic heterocycles. The summed E-state index contributed by atoms with van der Waals surface area (Å²) in [6, 6.07) is 18.6. The molecule has 3 amide bonds. The van der Waals surface area contributed by atoms with Crippen molar-refractivity contribution in [3.05, 3.63) is 108 Å². The Labute approximate surface area is 243 Å². The fraction of sp³-hybridized carbons (Fsp3) is 0.0741. The first-order valence-corrected chi connectivity index (χ1v) is 13.5. The van der Waals surface area contributed by atoms with Crippen LogP contribution < -0.4 is 21.2 Å². The molecule has 3 aromatic carbocycles. The van der Waals surface area contributed by atoms with E-state index in [1.807, 2.05) is 0 Å². The van der Waals surface area contributed by atoms with E-state index in [0.717, 1.165) is 9.69 Å². The third-order valence-electron chi connectivity index (χ3n) is 5.82. The van der Waals surface area contributed by atoms with Crippen LogP contribution in [0.2, 0.25) is 5.02 Å². The van der Waals surface area contributed by atoms with Crippen molar-refractivity contribution in [2.24, 2.45) is 0 Å². The number of amides is 3. The van der Waals surface area contributed by atoms with E-state index in [4.69, 9.17) is 16.6 Å². The zero-order valence-electron chi connectivity index (χ0n) is 20.0. The molecule has 12 heteroatoms. The van der Waals surface area contributed by atoms with Crippen molar-refractivity contribution in [2.75, 3.05) is 18.1 Å². The highest BCUT2D eigenvalue weighted by Crippen LogP contribution is 2.28. The summed E-state index contributed by atoms with van der Waals surface area (Å²) in [7, 11) is 0. The molecule has 0 saturated carbocycles. The van der Waals surface area contributed by atoms with Crippen molar-refractivity contribution in [1.29, 1.82) is 0 Å². The third kappa shape index (κ3) is 5.44. The van der Waals surface area contributed by atoms with Crippen molar-refractivity contribution >= 4 is 83.9 Å². The Balaban J connectivity index is 1.83. The van der Waals surface area contributed by atoms with Gasteiger partial charge in [0.2, 0.25) is 0 Å². The molecule has 1 fully saturated rings. The number of hydrogen-bond acceptors (Lipinski definition) is 6. The van der Waals surface area contributed by atoms with Gasteiger partial charge in [0.1, 0.15) is 0 Å². The zero-order valence-corrected chi connectivity index (χ0v) is 23.9. The van der Waals surface area contributed by atoms with E-state index >= 15 is 0 Å². The van der Waals surface area contributed by atoms with Crippen LogP contribution in [0.5, 0.6) is 0 Å². The number of piperazine rings is 1. The lowest BCUT2D eigenvalue weighted by Gasteiger charge is -2.29. The van der Waals surface area contributed by atoms with Crippen molar-refractivity contribution < 1.29 is 14.4 Å². The molecule has 1 saturated heterocycles. The van der Waals surface area contributed by atoms with Crippen LogP contribution in [0.4, 0.5) is 0 Å². The Hall–Kier alpha value is -3.64. The standard InChI is InChI=1S/C27H18Br2ClN5O4/c28-17-11-18-24(19(29)12-17)33-25(35(27(18)39)34-22(36)13-31-14-23(34)37)21(10-16-8-4-5-9-20(16)30)32-26(38)15-6-2-1-3-7-15/h1-12,31H,13-14H2,(H,32,38)/b21-10-. The van der Waals surface area contributed by atoms with Gasteiger partial charge in [-0.25, -0.2) is 4.98 Å². The molecule has 0 spiro atoms. The summed E-state index contributed by atoms with van der Waals surface area (Å²) in [6.45, 7) is -0.338. The van der Waals surface area contributed by atoms with Gasteiger partial charge in [0, 0.05) is 19.5 Å². The molecule has 2 N–H and O–H groups in total. The summed E-state index contributed by atoms with van der Waals surface area (Å²) >= 11 is 13.3. The molecule has 196 valence electrons. The van der Waals surface area contributed by atoms with Gasteiger partial charge in [-0.2, -0.15) is 9.69 Å². The normalized spacial score (nSPS) is 14.1. The molecule has 5 rings (SSSR count). The molecule has 0 aliphatic carbocycles. The third-order valence-corrected chi connectivity index (χ3v) is 7.23. The van der Waals surface area contributed by atoms with Gasteiger partial charge in [-0.1, -0.05) is 63.9 Å². The van der Waals surface area contributed by atoms with Gasteiger partial charge in [-0.05, 0) is 57.9 Å². The molecular weight excluding hydrogens is 654 g/mol. The number of fused-ring (bicyclic) bond motifs is 1. The van der Waals surface area contributed by atoms with Crippen LogP contribution in [0.25, 0.3) is 22.7 Å².